The lowest BCUT2D eigenvalue weighted by atomic mass is 10.2. The summed E-state index contributed by atoms with van der Waals surface area (Å²) >= 11 is 0. The molecule has 106 valence electrons. The second kappa shape index (κ2) is 6.67. The minimum atomic E-state index is 0.528. The van der Waals surface area contributed by atoms with Crippen LogP contribution in [0.4, 0.5) is 11.6 Å². The minimum Gasteiger partial charge on any atom is -0.216 e. The van der Waals surface area contributed by atoms with Crippen molar-refractivity contribution in [3.05, 3.63) is 47.3 Å². The molecule has 1 aromatic carbocycles. The summed E-state index contributed by atoms with van der Waals surface area (Å²) in [6.07, 6.45) is 1.73. The highest BCUT2D eigenvalue weighted by Crippen LogP contribution is 2.26. The smallest absolute Gasteiger partial charge is 0.216 e. The zero-order chi connectivity index (χ0) is 15.2. The second-order valence-corrected chi connectivity index (χ2v) is 4.54. The van der Waals surface area contributed by atoms with Crippen molar-refractivity contribution in [2.24, 2.45) is 5.10 Å². The van der Waals surface area contributed by atoms with Crippen LogP contribution < -0.4 is 5.01 Å². The predicted octanol–water partition coefficient (Wildman–Crippen LogP) is 3.61. The van der Waals surface area contributed by atoms with Crippen molar-refractivity contribution >= 4 is 17.9 Å². The minimum absolute atomic E-state index is 0.528. The number of anilines is 2. The van der Waals surface area contributed by atoms with E-state index in [2.05, 4.69) is 26.9 Å². The van der Waals surface area contributed by atoms with Crippen LogP contribution in [0.3, 0.4) is 0 Å². The quantitative estimate of drug-likeness (QED) is 0.489. The summed E-state index contributed by atoms with van der Waals surface area (Å²) in [6.45, 7) is 7.63. The third kappa shape index (κ3) is 3.46. The summed E-state index contributed by atoms with van der Waals surface area (Å²) < 4.78 is 0. The van der Waals surface area contributed by atoms with Crippen LogP contribution >= 0.6 is 0 Å². The van der Waals surface area contributed by atoms with Crippen LogP contribution in [-0.4, -0.2) is 16.2 Å². The lowest BCUT2D eigenvalue weighted by Crippen LogP contribution is -2.14. The average Bonchev–Trinajstić information content (AvgIpc) is 2.45. The fourth-order valence-corrected chi connectivity index (χ4v) is 1.98. The first-order valence-corrected chi connectivity index (χ1v) is 6.78. The van der Waals surface area contributed by atoms with E-state index in [9.17, 15) is 0 Å². The molecule has 2 aromatic rings. The molecule has 0 radical (unpaired) electrons. The molecule has 1 heterocycles. The molecule has 4 heteroatoms. The summed E-state index contributed by atoms with van der Waals surface area (Å²) in [4.78, 5) is 8.97. The summed E-state index contributed by atoms with van der Waals surface area (Å²) in [5.74, 6) is 6.36. The van der Waals surface area contributed by atoms with Crippen molar-refractivity contribution in [1.29, 1.82) is 0 Å². The molecular weight excluding hydrogens is 260 g/mol. The number of aromatic nitrogens is 2. The first-order chi connectivity index (χ1) is 10.2. The third-order valence-corrected chi connectivity index (χ3v) is 2.86. The van der Waals surface area contributed by atoms with Gasteiger partial charge in [0.15, 0.2) is 0 Å². The molecule has 1 aromatic heterocycles. The van der Waals surface area contributed by atoms with Gasteiger partial charge in [0, 0.05) is 11.9 Å². The normalized spacial score (nSPS) is 10.3. The number of hydrogen-bond donors (Lipinski definition) is 0. The largest absolute Gasteiger partial charge is 0.252 e. The Kier molecular flexibility index (Phi) is 4.68. The number of benzene rings is 1. The number of nitrogens with zero attached hydrogens (tertiary/aromatic N) is 4. The van der Waals surface area contributed by atoms with E-state index in [4.69, 9.17) is 0 Å². The third-order valence-electron chi connectivity index (χ3n) is 2.86. The maximum absolute atomic E-state index is 4.49. The van der Waals surface area contributed by atoms with Crippen LogP contribution in [0, 0.1) is 25.7 Å². The molecule has 4 nitrogen and oxygen atoms in total. The van der Waals surface area contributed by atoms with Crippen molar-refractivity contribution in [3.63, 3.8) is 0 Å². The predicted molar refractivity (Wildman–Crippen MR) is 86.8 cm³/mol. The molecule has 0 spiro atoms. The lowest BCUT2D eigenvalue weighted by Gasteiger charge is -2.19. The first-order valence-electron chi connectivity index (χ1n) is 6.78. The molecule has 0 saturated heterocycles. The van der Waals surface area contributed by atoms with Crippen LogP contribution in [0.15, 0.2) is 35.4 Å². The fraction of sp³-hybridized carbons (Fsp3) is 0.235. The van der Waals surface area contributed by atoms with Crippen LogP contribution in [0.1, 0.15) is 30.8 Å². The molecule has 0 N–H and O–H groups in total. The molecular formula is C17H18N4. The highest BCUT2D eigenvalue weighted by Gasteiger charge is 2.14. The van der Waals surface area contributed by atoms with Gasteiger partial charge in [0.25, 0.3) is 5.95 Å². The van der Waals surface area contributed by atoms with Crippen molar-refractivity contribution in [1.82, 2.24) is 9.97 Å². The Labute approximate surface area is 125 Å². The summed E-state index contributed by atoms with van der Waals surface area (Å²) in [7, 11) is 0. The SMILES string of the molecule is CC#Cc1cc(C)nc(N(N=CC)c2ccccc2C)n1. The van der Waals surface area contributed by atoms with Gasteiger partial charge in [0.05, 0.1) is 5.69 Å². The maximum atomic E-state index is 4.49. The highest BCUT2D eigenvalue weighted by molar-refractivity contribution is 5.65. The molecule has 0 saturated carbocycles. The molecule has 0 aliphatic carbocycles. The zero-order valence-corrected chi connectivity index (χ0v) is 12.8. The van der Waals surface area contributed by atoms with Gasteiger partial charge in [-0.25, -0.2) is 9.97 Å². The number of para-hydroxylation sites is 1. The molecule has 0 atom stereocenters. The standard InChI is InChI=1S/C17H18N4/c1-5-9-15-12-14(4)19-17(20-15)21(18-6-2)16-11-8-7-10-13(16)3/h6-8,10-12H,1-4H3. The Morgan fingerprint density at radius 2 is 1.95 bits per heavy atom. The Morgan fingerprint density at radius 1 is 1.19 bits per heavy atom. The topological polar surface area (TPSA) is 41.4 Å². The molecule has 0 aliphatic rings. The van der Waals surface area contributed by atoms with E-state index < -0.39 is 0 Å². The second-order valence-electron chi connectivity index (χ2n) is 4.54. The summed E-state index contributed by atoms with van der Waals surface area (Å²) in [5.41, 5.74) is 3.63. The van der Waals surface area contributed by atoms with Gasteiger partial charge in [-0.3, -0.25) is 0 Å². The van der Waals surface area contributed by atoms with E-state index in [0.29, 0.717) is 11.6 Å². The first kappa shape index (κ1) is 14.7. The zero-order valence-electron chi connectivity index (χ0n) is 12.8. The highest BCUT2D eigenvalue weighted by atomic mass is 15.5. The summed E-state index contributed by atoms with van der Waals surface area (Å²) in [5, 5.41) is 6.14. The Morgan fingerprint density at radius 3 is 2.62 bits per heavy atom. The van der Waals surface area contributed by atoms with Gasteiger partial charge >= 0.3 is 0 Å². The van der Waals surface area contributed by atoms with Crippen molar-refractivity contribution in [2.75, 3.05) is 5.01 Å². The number of aryl methyl sites for hydroxylation is 2. The van der Waals surface area contributed by atoms with Crippen LogP contribution in [0.2, 0.25) is 0 Å². The van der Waals surface area contributed by atoms with Gasteiger partial charge in [-0.05, 0) is 51.3 Å². The van der Waals surface area contributed by atoms with Gasteiger partial charge in [-0.2, -0.15) is 10.1 Å². The van der Waals surface area contributed by atoms with Gasteiger partial charge < -0.3 is 0 Å². The molecule has 0 amide bonds. The fourth-order valence-electron chi connectivity index (χ4n) is 1.98. The van der Waals surface area contributed by atoms with E-state index in [0.717, 1.165) is 16.9 Å². The number of hydrogen-bond acceptors (Lipinski definition) is 4. The molecule has 2 rings (SSSR count). The van der Waals surface area contributed by atoms with Crippen molar-refractivity contribution in [2.45, 2.75) is 27.7 Å². The monoisotopic (exact) mass is 278 g/mol. The summed E-state index contributed by atoms with van der Waals surface area (Å²) in [6, 6.07) is 9.88. The molecule has 21 heavy (non-hydrogen) atoms. The molecule has 0 aliphatic heterocycles. The van der Waals surface area contributed by atoms with E-state index in [-0.39, 0.29) is 0 Å². The number of hydrazone groups is 1. The molecule has 0 bridgehead atoms. The number of rotatable bonds is 3. The van der Waals surface area contributed by atoms with Crippen molar-refractivity contribution < 1.29 is 0 Å². The maximum Gasteiger partial charge on any atom is 0.252 e. The Hall–Kier alpha value is -2.67. The van der Waals surface area contributed by atoms with Gasteiger partial charge in [-0.1, -0.05) is 24.1 Å². The van der Waals surface area contributed by atoms with Crippen LogP contribution in [0.5, 0.6) is 0 Å². The molecule has 0 unspecified atom stereocenters. The van der Waals surface area contributed by atoms with E-state index in [1.54, 1.807) is 18.1 Å². The van der Waals surface area contributed by atoms with Crippen LogP contribution in [0.25, 0.3) is 0 Å². The van der Waals surface area contributed by atoms with E-state index >= 15 is 0 Å². The van der Waals surface area contributed by atoms with Crippen LogP contribution in [-0.2, 0) is 0 Å². The van der Waals surface area contributed by atoms with E-state index in [1.165, 1.54) is 0 Å². The van der Waals surface area contributed by atoms with E-state index in [1.807, 2.05) is 51.1 Å². The van der Waals surface area contributed by atoms with Crippen molar-refractivity contribution in [3.8, 4) is 11.8 Å². The Balaban J connectivity index is 2.58. The lowest BCUT2D eigenvalue weighted by molar-refractivity contribution is 0.953. The van der Waals surface area contributed by atoms with Gasteiger partial charge in [-0.15, -0.1) is 0 Å². The molecule has 0 fully saturated rings. The van der Waals surface area contributed by atoms with Gasteiger partial charge in [0.2, 0.25) is 0 Å². The Bertz CT molecular complexity index is 723. The van der Waals surface area contributed by atoms with Gasteiger partial charge in [0.1, 0.15) is 5.69 Å². The average molecular weight is 278 g/mol.